The van der Waals surface area contributed by atoms with Crippen LogP contribution >= 0.6 is 12.4 Å². The summed E-state index contributed by atoms with van der Waals surface area (Å²) >= 11 is 0. The normalized spacial score (nSPS) is 11.3. The van der Waals surface area contributed by atoms with E-state index in [2.05, 4.69) is 0 Å². The molecule has 0 aromatic heterocycles. The number of carbonyl (C=O) groups is 2. The van der Waals surface area contributed by atoms with Crippen molar-refractivity contribution in [3.05, 3.63) is 0 Å². The van der Waals surface area contributed by atoms with Crippen LogP contribution < -0.4 is 5.73 Å². The number of nitrogens with two attached hydrogens (primary N) is 1. The Morgan fingerprint density at radius 3 is 2.71 bits per heavy atom. The molecule has 0 aliphatic heterocycles. The first-order valence-electron chi connectivity index (χ1n) is 4.57. The molecule has 1 unspecified atom stereocenters. The van der Waals surface area contributed by atoms with Crippen molar-refractivity contribution in [3.63, 3.8) is 0 Å². The van der Waals surface area contributed by atoms with Crippen molar-refractivity contribution in [2.24, 2.45) is 5.73 Å². The third kappa shape index (κ3) is 9.48. The highest BCUT2D eigenvalue weighted by Crippen LogP contribution is 1.99. The van der Waals surface area contributed by atoms with E-state index in [1.54, 1.807) is 0 Å². The van der Waals surface area contributed by atoms with Gasteiger partial charge >= 0.3 is 5.97 Å². The Morgan fingerprint density at radius 1 is 1.57 bits per heavy atom. The second-order valence-corrected chi connectivity index (χ2v) is 2.91. The lowest BCUT2D eigenvalue weighted by atomic mass is 10.1. The molecule has 0 aliphatic rings. The fourth-order valence-electron chi connectivity index (χ4n) is 0.838. The summed E-state index contributed by atoms with van der Waals surface area (Å²) in [6.07, 6.45) is 3.03. The Hall–Kier alpha value is -0.610. The quantitative estimate of drug-likeness (QED) is 0.518. The summed E-state index contributed by atoms with van der Waals surface area (Å²) in [4.78, 5) is 21.0. The number of ether oxygens (including phenoxy) is 1. The summed E-state index contributed by atoms with van der Waals surface area (Å²) in [5, 5.41) is 0. The number of rotatable bonds is 7. The maximum Gasteiger partial charge on any atom is 0.305 e. The largest absolute Gasteiger partial charge is 0.466 e. The van der Waals surface area contributed by atoms with Crippen molar-refractivity contribution in [1.82, 2.24) is 0 Å². The van der Waals surface area contributed by atoms with Crippen LogP contribution in [0.5, 0.6) is 0 Å². The summed E-state index contributed by atoms with van der Waals surface area (Å²) in [7, 11) is 0. The van der Waals surface area contributed by atoms with Gasteiger partial charge in [0.1, 0.15) is 6.29 Å². The second kappa shape index (κ2) is 10.5. The van der Waals surface area contributed by atoms with E-state index in [9.17, 15) is 9.59 Å². The van der Waals surface area contributed by atoms with Crippen molar-refractivity contribution in [3.8, 4) is 0 Å². The zero-order valence-corrected chi connectivity index (χ0v) is 9.22. The van der Waals surface area contributed by atoms with Gasteiger partial charge in [0.15, 0.2) is 0 Å². The van der Waals surface area contributed by atoms with Crippen molar-refractivity contribution < 1.29 is 14.3 Å². The molecule has 0 heterocycles. The minimum atomic E-state index is -0.445. The number of hydrogen-bond acceptors (Lipinski definition) is 4. The van der Waals surface area contributed by atoms with E-state index in [-0.39, 0.29) is 18.4 Å². The highest BCUT2D eigenvalue weighted by Gasteiger charge is 2.04. The number of hydrogen-bond donors (Lipinski definition) is 1. The van der Waals surface area contributed by atoms with Crippen molar-refractivity contribution in [2.45, 2.75) is 38.6 Å². The van der Waals surface area contributed by atoms with E-state index in [0.717, 1.165) is 6.42 Å². The van der Waals surface area contributed by atoms with Crippen LogP contribution in [-0.2, 0) is 14.3 Å². The van der Waals surface area contributed by atoms with Crippen molar-refractivity contribution in [1.29, 1.82) is 0 Å². The molecule has 1 atom stereocenters. The maximum atomic E-state index is 10.9. The fourth-order valence-corrected chi connectivity index (χ4v) is 0.838. The lowest BCUT2D eigenvalue weighted by Gasteiger charge is -2.04. The van der Waals surface area contributed by atoms with Crippen LogP contribution in [0.25, 0.3) is 0 Å². The highest BCUT2D eigenvalue weighted by atomic mass is 35.5. The maximum absolute atomic E-state index is 10.9. The molecule has 0 bridgehead atoms. The minimum absolute atomic E-state index is 0. The molecule has 0 spiro atoms. The predicted octanol–water partition coefficient (Wildman–Crippen LogP) is 1.06. The standard InChI is InChI=1S/C9H17NO3.ClH/c1-2-6-13-9(12)5-3-4-8(10)7-11;/h7-8H,2-6,10H2,1H3;1H. The molecule has 0 saturated heterocycles. The third-order valence-corrected chi connectivity index (χ3v) is 1.56. The van der Waals surface area contributed by atoms with E-state index in [0.29, 0.717) is 32.2 Å². The molecular weight excluding hydrogens is 206 g/mol. The van der Waals surface area contributed by atoms with Gasteiger partial charge in [-0.25, -0.2) is 0 Å². The van der Waals surface area contributed by atoms with Gasteiger partial charge in [0.05, 0.1) is 12.6 Å². The van der Waals surface area contributed by atoms with Gasteiger partial charge in [0.2, 0.25) is 0 Å². The monoisotopic (exact) mass is 223 g/mol. The van der Waals surface area contributed by atoms with Gasteiger partial charge in [-0.05, 0) is 19.3 Å². The first-order valence-corrected chi connectivity index (χ1v) is 4.57. The Kier molecular flexibility index (Phi) is 11.9. The summed E-state index contributed by atoms with van der Waals surface area (Å²) in [5.41, 5.74) is 5.34. The molecule has 5 heteroatoms. The second-order valence-electron chi connectivity index (χ2n) is 2.91. The zero-order chi connectivity index (χ0) is 10.1. The SMILES string of the molecule is CCCOC(=O)CCCC(N)C=O.Cl. The average molecular weight is 224 g/mol. The average Bonchev–Trinajstić information content (AvgIpc) is 2.14. The lowest BCUT2D eigenvalue weighted by molar-refractivity contribution is -0.143. The molecule has 0 aromatic rings. The van der Waals surface area contributed by atoms with Gasteiger partial charge in [0, 0.05) is 6.42 Å². The van der Waals surface area contributed by atoms with Gasteiger partial charge in [-0.1, -0.05) is 6.92 Å². The highest BCUT2D eigenvalue weighted by molar-refractivity contribution is 5.85. The summed E-state index contributed by atoms with van der Waals surface area (Å²) in [6, 6.07) is -0.445. The molecule has 0 amide bonds. The third-order valence-electron chi connectivity index (χ3n) is 1.56. The van der Waals surface area contributed by atoms with E-state index in [4.69, 9.17) is 10.5 Å². The zero-order valence-electron chi connectivity index (χ0n) is 8.40. The lowest BCUT2D eigenvalue weighted by Crippen LogP contribution is -2.21. The molecule has 14 heavy (non-hydrogen) atoms. The van der Waals surface area contributed by atoms with Gasteiger partial charge in [-0.2, -0.15) is 0 Å². The van der Waals surface area contributed by atoms with Crippen LogP contribution in [0.15, 0.2) is 0 Å². The summed E-state index contributed by atoms with van der Waals surface area (Å²) in [6.45, 7) is 2.41. The Labute approximate surface area is 90.6 Å². The summed E-state index contributed by atoms with van der Waals surface area (Å²) in [5.74, 6) is -0.208. The van der Waals surface area contributed by atoms with E-state index in [1.165, 1.54) is 0 Å². The number of carbonyl (C=O) groups excluding carboxylic acids is 2. The van der Waals surface area contributed by atoms with Gasteiger partial charge in [-0.3, -0.25) is 4.79 Å². The molecule has 0 aliphatic carbocycles. The minimum Gasteiger partial charge on any atom is -0.466 e. The van der Waals surface area contributed by atoms with E-state index >= 15 is 0 Å². The first kappa shape index (κ1) is 15.8. The van der Waals surface area contributed by atoms with Crippen molar-refractivity contribution in [2.75, 3.05) is 6.61 Å². The van der Waals surface area contributed by atoms with E-state index < -0.39 is 6.04 Å². The number of halogens is 1. The molecular formula is C9H18ClNO3. The predicted molar refractivity (Wildman–Crippen MR) is 56.4 cm³/mol. The van der Waals surface area contributed by atoms with Crippen LogP contribution in [-0.4, -0.2) is 24.9 Å². The molecule has 4 nitrogen and oxygen atoms in total. The molecule has 0 saturated carbocycles. The number of esters is 1. The molecule has 84 valence electrons. The molecule has 0 aromatic carbocycles. The Morgan fingerprint density at radius 2 is 2.21 bits per heavy atom. The van der Waals surface area contributed by atoms with Gasteiger partial charge in [-0.15, -0.1) is 12.4 Å². The van der Waals surface area contributed by atoms with Gasteiger partial charge in [0.25, 0.3) is 0 Å². The molecule has 0 rings (SSSR count). The van der Waals surface area contributed by atoms with Gasteiger partial charge < -0.3 is 15.3 Å². The van der Waals surface area contributed by atoms with E-state index in [1.807, 2.05) is 6.92 Å². The topological polar surface area (TPSA) is 69.4 Å². The Balaban J connectivity index is 0. The van der Waals surface area contributed by atoms with Crippen LogP contribution in [0.2, 0.25) is 0 Å². The van der Waals surface area contributed by atoms with Crippen LogP contribution in [0.4, 0.5) is 0 Å². The molecule has 2 N–H and O–H groups in total. The molecule has 0 radical (unpaired) electrons. The van der Waals surface area contributed by atoms with Crippen LogP contribution in [0, 0.1) is 0 Å². The van der Waals surface area contributed by atoms with Crippen LogP contribution in [0.3, 0.4) is 0 Å². The Bertz CT molecular complexity index is 164. The van der Waals surface area contributed by atoms with Crippen molar-refractivity contribution >= 4 is 24.7 Å². The fraction of sp³-hybridized carbons (Fsp3) is 0.778. The first-order chi connectivity index (χ1) is 6.20. The summed E-state index contributed by atoms with van der Waals surface area (Å²) < 4.78 is 4.84. The smallest absolute Gasteiger partial charge is 0.305 e. The molecule has 0 fully saturated rings. The number of aldehydes is 1. The van der Waals surface area contributed by atoms with Crippen LogP contribution in [0.1, 0.15) is 32.6 Å².